The lowest BCUT2D eigenvalue weighted by Gasteiger charge is -2.15. The van der Waals surface area contributed by atoms with Crippen LogP contribution in [0.4, 0.5) is 5.69 Å². The Morgan fingerprint density at radius 3 is 2.75 bits per heavy atom. The molecule has 3 nitrogen and oxygen atoms in total. The number of carbonyl (C=O) groups is 1. The number of furan rings is 1. The highest BCUT2D eigenvalue weighted by atomic mass is 79.9. The molecule has 0 unspecified atom stereocenters. The lowest BCUT2D eigenvalue weighted by atomic mass is 10.3. The molecule has 0 N–H and O–H groups in total. The molecule has 1 aliphatic rings. The van der Waals surface area contributed by atoms with Crippen LogP contribution in [0.5, 0.6) is 0 Å². The Morgan fingerprint density at radius 1 is 1.25 bits per heavy atom. The van der Waals surface area contributed by atoms with Gasteiger partial charge in [0, 0.05) is 10.5 Å². The van der Waals surface area contributed by atoms with Gasteiger partial charge >= 0.3 is 0 Å². The molecule has 1 amide bonds. The monoisotopic (exact) mass is 365 g/mol. The maximum absolute atomic E-state index is 12.5. The van der Waals surface area contributed by atoms with Crippen LogP contribution in [0.3, 0.4) is 0 Å². The summed E-state index contributed by atoms with van der Waals surface area (Å²) in [6.45, 7) is 0. The summed E-state index contributed by atoms with van der Waals surface area (Å²) in [5.74, 6) is 0.501. The van der Waals surface area contributed by atoms with Gasteiger partial charge in [0.05, 0.1) is 16.9 Å². The zero-order valence-corrected chi connectivity index (χ0v) is 13.3. The van der Waals surface area contributed by atoms with E-state index in [1.165, 1.54) is 16.7 Å². The predicted octanol–water partition coefficient (Wildman–Crippen LogP) is 4.45. The van der Waals surface area contributed by atoms with Crippen molar-refractivity contribution >= 4 is 61.9 Å². The third-order valence-electron chi connectivity index (χ3n) is 2.70. The first-order valence-electron chi connectivity index (χ1n) is 5.73. The molecule has 2 heterocycles. The minimum absolute atomic E-state index is 0.136. The lowest BCUT2D eigenvalue weighted by Crippen LogP contribution is -2.27. The van der Waals surface area contributed by atoms with Crippen molar-refractivity contribution in [1.82, 2.24) is 0 Å². The molecule has 0 bridgehead atoms. The minimum atomic E-state index is -0.136. The van der Waals surface area contributed by atoms with E-state index in [1.807, 2.05) is 24.3 Å². The van der Waals surface area contributed by atoms with Crippen LogP contribution in [-0.4, -0.2) is 10.2 Å². The molecule has 6 heteroatoms. The SMILES string of the molecule is O=C1/C(=C/c2ccco2)SC(=S)N1c1ccccc1Br. The fourth-order valence-electron chi connectivity index (χ4n) is 1.81. The van der Waals surface area contributed by atoms with Crippen molar-refractivity contribution in [2.24, 2.45) is 0 Å². The van der Waals surface area contributed by atoms with E-state index in [9.17, 15) is 4.79 Å². The Balaban J connectivity index is 1.98. The summed E-state index contributed by atoms with van der Waals surface area (Å²) in [6.07, 6.45) is 3.27. The molecule has 1 saturated heterocycles. The Labute approximate surface area is 133 Å². The molecule has 20 heavy (non-hydrogen) atoms. The molecule has 2 aromatic rings. The Hall–Kier alpha value is -1.37. The average molecular weight is 366 g/mol. The van der Waals surface area contributed by atoms with E-state index in [-0.39, 0.29) is 5.91 Å². The maximum atomic E-state index is 12.5. The number of carbonyl (C=O) groups excluding carboxylic acids is 1. The number of hydrogen-bond donors (Lipinski definition) is 0. The molecule has 0 atom stereocenters. The van der Waals surface area contributed by atoms with Crippen LogP contribution in [-0.2, 0) is 4.79 Å². The Bertz CT molecular complexity index is 710. The van der Waals surface area contributed by atoms with E-state index < -0.39 is 0 Å². The van der Waals surface area contributed by atoms with Gasteiger partial charge in [-0.3, -0.25) is 9.69 Å². The summed E-state index contributed by atoms with van der Waals surface area (Å²) >= 11 is 10.0. The number of rotatable bonds is 2. The van der Waals surface area contributed by atoms with Gasteiger partial charge in [0.1, 0.15) is 5.76 Å². The summed E-state index contributed by atoms with van der Waals surface area (Å²) in [6, 6.07) is 11.1. The lowest BCUT2D eigenvalue weighted by molar-refractivity contribution is -0.113. The molecule has 1 aromatic carbocycles. The molecule has 0 radical (unpaired) electrons. The van der Waals surface area contributed by atoms with Gasteiger partial charge in [-0.2, -0.15) is 0 Å². The quantitative estimate of drug-likeness (QED) is 0.581. The molecular weight excluding hydrogens is 358 g/mol. The third kappa shape index (κ3) is 2.46. The highest BCUT2D eigenvalue weighted by molar-refractivity contribution is 9.10. The number of halogens is 1. The molecule has 3 rings (SSSR count). The van der Waals surface area contributed by atoms with Gasteiger partial charge in [-0.05, 0) is 40.2 Å². The van der Waals surface area contributed by atoms with Crippen molar-refractivity contribution < 1.29 is 9.21 Å². The Morgan fingerprint density at radius 2 is 2.05 bits per heavy atom. The fraction of sp³-hybridized carbons (Fsp3) is 0. The second-order valence-electron chi connectivity index (χ2n) is 3.98. The number of para-hydroxylation sites is 1. The van der Waals surface area contributed by atoms with Crippen LogP contribution in [0.2, 0.25) is 0 Å². The molecule has 1 aromatic heterocycles. The first-order chi connectivity index (χ1) is 9.66. The zero-order chi connectivity index (χ0) is 14.1. The van der Waals surface area contributed by atoms with Gasteiger partial charge < -0.3 is 4.42 Å². The van der Waals surface area contributed by atoms with E-state index in [4.69, 9.17) is 16.6 Å². The first-order valence-corrected chi connectivity index (χ1v) is 7.74. The number of thioether (sulfide) groups is 1. The van der Waals surface area contributed by atoms with Crippen molar-refractivity contribution in [3.8, 4) is 0 Å². The van der Waals surface area contributed by atoms with E-state index in [2.05, 4.69) is 15.9 Å². The summed E-state index contributed by atoms with van der Waals surface area (Å²) < 4.78 is 6.57. The number of thiocarbonyl (C=S) groups is 1. The normalized spacial score (nSPS) is 17.2. The largest absolute Gasteiger partial charge is 0.465 e. The van der Waals surface area contributed by atoms with Gasteiger partial charge in [-0.25, -0.2) is 0 Å². The van der Waals surface area contributed by atoms with Crippen molar-refractivity contribution in [3.05, 3.63) is 57.8 Å². The van der Waals surface area contributed by atoms with E-state index >= 15 is 0 Å². The van der Waals surface area contributed by atoms with Crippen LogP contribution >= 0.6 is 39.9 Å². The molecule has 0 aliphatic carbocycles. The van der Waals surface area contributed by atoms with Crippen LogP contribution in [0.25, 0.3) is 6.08 Å². The third-order valence-corrected chi connectivity index (χ3v) is 4.68. The number of hydrogen-bond acceptors (Lipinski definition) is 4. The standard InChI is InChI=1S/C14H8BrNO2S2/c15-10-5-1-2-6-11(10)16-13(17)12(20-14(16)19)8-9-4-3-7-18-9/h1-8H/b12-8-. The molecule has 1 aliphatic heterocycles. The van der Waals surface area contributed by atoms with Gasteiger partial charge in [0.2, 0.25) is 0 Å². The maximum Gasteiger partial charge on any atom is 0.270 e. The summed E-state index contributed by atoms with van der Waals surface area (Å²) in [7, 11) is 0. The van der Waals surface area contributed by atoms with Crippen molar-refractivity contribution in [3.63, 3.8) is 0 Å². The number of nitrogens with zero attached hydrogens (tertiary/aromatic N) is 1. The van der Waals surface area contributed by atoms with Gasteiger partial charge in [-0.1, -0.05) is 36.1 Å². The highest BCUT2D eigenvalue weighted by Crippen LogP contribution is 2.38. The van der Waals surface area contributed by atoms with Crippen LogP contribution in [0.15, 0.2) is 56.5 Å². The summed E-state index contributed by atoms with van der Waals surface area (Å²) in [4.78, 5) is 14.6. The highest BCUT2D eigenvalue weighted by Gasteiger charge is 2.34. The summed E-state index contributed by atoms with van der Waals surface area (Å²) in [5, 5.41) is 0. The molecular formula is C14H8BrNO2S2. The van der Waals surface area contributed by atoms with E-state index in [1.54, 1.807) is 24.5 Å². The zero-order valence-electron chi connectivity index (χ0n) is 10.1. The molecule has 100 valence electrons. The van der Waals surface area contributed by atoms with Gasteiger partial charge in [0.25, 0.3) is 5.91 Å². The van der Waals surface area contributed by atoms with Crippen LogP contribution in [0.1, 0.15) is 5.76 Å². The molecule has 1 fully saturated rings. The number of benzene rings is 1. The second kappa shape index (κ2) is 5.55. The van der Waals surface area contributed by atoms with Gasteiger partial charge in [0.15, 0.2) is 4.32 Å². The van der Waals surface area contributed by atoms with Gasteiger partial charge in [-0.15, -0.1) is 0 Å². The number of anilines is 1. The summed E-state index contributed by atoms with van der Waals surface area (Å²) in [5.41, 5.74) is 0.748. The van der Waals surface area contributed by atoms with Crippen LogP contribution < -0.4 is 4.90 Å². The topological polar surface area (TPSA) is 33.5 Å². The van der Waals surface area contributed by atoms with Crippen LogP contribution in [0, 0.1) is 0 Å². The minimum Gasteiger partial charge on any atom is -0.465 e. The van der Waals surface area contributed by atoms with Crippen molar-refractivity contribution in [2.45, 2.75) is 0 Å². The van der Waals surface area contributed by atoms with Crippen molar-refractivity contribution in [2.75, 3.05) is 4.90 Å². The average Bonchev–Trinajstić information content (AvgIpc) is 3.01. The second-order valence-corrected chi connectivity index (χ2v) is 6.51. The fourth-order valence-corrected chi connectivity index (χ4v) is 3.54. The molecule has 0 saturated carbocycles. The molecule has 0 spiro atoms. The first kappa shape index (κ1) is 13.6. The predicted molar refractivity (Wildman–Crippen MR) is 88.5 cm³/mol. The Kier molecular flexibility index (Phi) is 3.78. The van der Waals surface area contributed by atoms with E-state index in [0.29, 0.717) is 15.0 Å². The van der Waals surface area contributed by atoms with Crippen molar-refractivity contribution in [1.29, 1.82) is 0 Å². The number of amides is 1. The van der Waals surface area contributed by atoms with E-state index in [0.717, 1.165) is 10.2 Å². The smallest absolute Gasteiger partial charge is 0.270 e.